The van der Waals surface area contributed by atoms with E-state index in [1.54, 1.807) is 54.3 Å². The Labute approximate surface area is 361 Å². The zero-order valence-corrected chi connectivity index (χ0v) is 36.5. The minimum atomic E-state index is -5.10. The van der Waals surface area contributed by atoms with E-state index in [0.29, 0.717) is 61.5 Å². The van der Waals surface area contributed by atoms with Gasteiger partial charge in [0.15, 0.2) is 0 Å². The molecule has 3 aromatic rings. The van der Waals surface area contributed by atoms with Crippen LogP contribution in [0.5, 0.6) is 5.75 Å². The van der Waals surface area contributed by atoms with Gasteiger partial charge in [0.1, 0.15) is 45.7 Å². The van der Waals surface area contributed by atoms with Gasteiger partial charge in [-0.25, -0.2) is 23.2 Å². The van der Waals surface area contributed by atoms with E-state index in [2.05, 4.69) is 20.0 Å². The largest absolute Gasteiger partial charge is 0.488 e. The second kappa shape index (κ2) is 16.5. The fraction of sp³-hybridized carbons (Fsp3) is 0.548. The predicted octanol–water partition coefficient (Wildman–Crippen LogP) is 6.19. The van der Waals surface area contributed by atoms with Gasteiger partial charge in [0.25, 0.3) is 5.91 Å². The smallest absolute Gasteiger partial charge is 0.411 e. The number of thiazole rings is 1. The van der Waals surface area contributed by atoms with E-state index in [0.717, 1.165) is 4.90 Å². The standard InChI is InChI=1S/C42H50F3N7O8S2/c1-24-9-6-7-11-27-21-41(27,37(55)50-62(58,59)40(5)12-13-40)49-34(53)32-20-29(23-51(32)36(54)33(25(2)17-24)52(38(56)57)39(3,4)42(43,44)45)60-28-18-30(26-10-8-14-46-22-26)48-31(19-28)35-47-15-16-61-35/h7-8,10-11,14-16,18-19,22,24-25,27,29,32-33H,6,9,12-13,17,20-21,23H2,1-5H3,(H,49,53)(H,50,55)(H,56,57)/t24-,25-,27-,29-,32+,33+,41-/m1/s1. The van der Waals surface area contributed by atoms with Crippen LogP contribution in [0.3, 0.4) is 0 Å². The summed E-state index contributed by atoms with van der Waals surface area (Å²) in [7, 11) is -4.13. The van der Waals surface area contributed by atoms with E-state index in [1.807, 2.05) is 13.0 Å². The molecule has 7 atom stereocenters. The number of pyridine rings is 2. The number of nitrogens with zero attached hydrogens (tertiary/aromatic N) is 5. The molecule has 3 aromatic heterocycles. The Morgan fingerprint density at radius 3 is 2.47 bits per heavy atom. The van der Waals surface area contributed by atoms with Gasteiger partial charge < -0.3 is 20.1 Å². The molecule has 334 valence electrons. The van der Waals surface area contributed by atoms with Gasteiger partial charge in [-0.2, -0.15) is 13.2 Å². The van der Waals surface area contributed by atoms with E-state index in [4.69, 9.17) is 9.72 Å². The quantitative estimate of drug-likeness (QED) is 0.207. The molecule has 62 heavy (non-hydrogen) atoms. The second-order valence-corrected chi connectivity index (χ2v) is 20.9. The Bertz CT molecular complexity index is 2340. The number of carbonyl (C=O) groups excluding carboxylic acids is 3. The third-order valence-electron chi connectivity index (χ3n) is 12.7. The molecule has 0 radical (unpaired) electrons. The maximum atomic E-state index is 15.1. The number of rotatable bonds is 9. The molecule has 4 aliphatic rings. The highest BCUT2D eigenvalue weighted by molar-refractivity contribution is 7.91. The summed E-state index contributed by atoms with van der Waals surface area (Å²) < 4.78 is 78.4. The molecule has 0 spiro atoms. The van der Waals surface area contributed by atoms with E-state index < -0.39 is 85.9 Å². The van der Waals surface area contributed by atoms with Crippen molar-refractivity contribution < 1.29 is 50.6 Å². The molecule has 20 heteroatoms. The number of amides is 4. The topological polar surface area (TPSA) is 201 Å². The monoisotopic (exact) mass is 901 g/mol. The summed E-state index contributed by atoms with van der Waals surface area (Å²) in [6.07, 6.45) is 1.94. The van der Waals surface area contributed by atoms with Crippen LogP contribution in [0.2, 0.25) is 0 Å². The van der Waals surface area contributed by atoms with Crippen molar-refractivity contribution in [1.82, 2.24) is 34.8 Å². The van der Waals surface area contributed by atoms with Crippen molar-refractivity contribution in [3.8, 4) is 27.7 Å². The summed E-state index contributed by atoms with van der Waals surface area (Å²) in [5.41, 5.74) is -3.22. The lowest BCUT2D eigenvalue weighted by molar-refractivity contribution is -0.222. The molecule has 5 heterocycles. The number of fused-ring (bicyclic) bond motifs is 2. The van der Waals surface area contributed by atoms with E-state index >= 15 is 4.79 Å². The van der Waals surface area contributed by atoms with Gasteiger partial charge in [0.05, 0.1) is 17.0 Å². The van der Waals surface area contributed by atoms with Crippen molar-refractivity contribution >= 4 is 45.2 Å². The second-order valence-electron chi connectivity index (χ2n) is 17.8. The fourth-order valence-corrected chi connectivity index (χ4v) is 10.4. The molecule has 0 bridgehead atoms. The van der Waals surface area contributed by atoms with Gasteiger partial charge in [-0.3, -0.25) is 29.0 Å². The lowest BCUT2D eigenvalue weighted by atomic mass is 9.85. The maximum Gasteiger partial charge on any atom is 0.411 e. The molecule has 7 rings (SSSR count). The predicted molar refractivity (Wildman–Crippen MR) is 222 cm³/mol. The Kier molecular flexibility index (Phi) is 12.0. The van der Waals surface area contributed by atoms with Crippen LogP contribution in [-0.2, 0) is 24.4 Å². The molecular formula is C42H50F3N7O8S2. The van der Waals surface area contributed by atoms with Crippen LogP contribution in [0.4, 0.5) is 18.0 Å². The van der Waals surface area contributed by atoms with Crippen LogP contribution in [-0.4, -0.2) is 109 Å². The zero-order valence-electron chi connectivity index (χ0n) is 34.9. The maximum absolute atomic E-state index is 15.1. The molecule has 2 aliphatic carbocycles. The number of allylic oxidation sites excluding steroid dienone is 1. The van der Waals surface area contributed by atoms with Gasteiger partial charge in [-0.05, 0) is 83.3 Å². The summed E-state index contributed by atoms with van der Waals surface area (Å²) in [6, 6.07) is 3.39. The van der Waals surface area contributed by atoms with Crippen LogP contribution in [0.15, 0.2) is 60.4 Å². The average Bonchev–Trinajstić information content (AvgIpc) is 3.95. The third-order valence-corrected chi connectivity index (χ3v) is 15.7. The molecule has 3 fully saturated rings. The minimum absolute atomic E-state index is 0.0450. The molecular weight excluding hydrogens is 852 g/mol. The minimum Gasteiger partial charge on any atom is -0.488 e. The first-order valence-electron chi connectivity index (χ1n) is 20.5. The number of ether oxygens (including phenoxy) is 1. The highest BCUT2D eigenvalue weighted by Crippen LogP contribution is 2.48. The lowest BCUT2D eigenvalue weighted by Crippen LogP contribution is -2.66. The van der Waals surface area contributed by atoms with Crippen molar-refractivity contribution in [2.75, 3.05) is 6.54 Å². The number of sulfonamides is 1. The zero-order chi connectivity index (χ0) is 45.0. The van der Waals surface area contributed by atoms with Crippen LogP contribution < -0.4 is 14.8 Å². The Balaban J connectivity index is 1.30. The average molecular weight is 902 g/mol. The number of halogens is 3. The Morgan fingerprint density at radius 2 is 1.84 bits per heavy atom. The van der Waals surface area contributed by atoms with Gasteiger partial charge in [0.2, 0.25) is 21.8 Å². The third kappa shape index (κ3) is 8.76. The van der Waals surface area contributed by atoms with Crippen molar-refractivity contribution in [2.24, 2.45) is 17.8 Å². The molecule has 2 aliphatic heterocycles. The first kappa shape index (κ1) is 44.9. The van der Waals surface area contributed by atoms with Gasteiger partial charge in [-0.1, -0.05) is 26.0 Å². The molecule has 0 unspecified atom stereocenters. The Morgan fingerprint density at radius 1 is 1.11 bits per heavy atom. The molecule has 15 nitrogen and oxygen atoms in total. The number of alkyl halides is 3. The van der Waals surface area contributed by atoms with E-state index in [-0.39, 0.29) is 42.4 Å². The van der Waals surface area contributed by atoms with Gasteiger partial charge in [0, 0.05) is 54.0 Å². The molecule has 4 amide bonds. The van der Waals surface area contributed by atoms with Gasteiger partial charge >= 0.3 is 12.3 Å². The summed E-state index contributed by atoms with van der Waals surface area (Å²) in [6.45, 7) is 5.93. The van der Waals surface area contributed by atoms with E-state index in [9.17, 15) is 41.1 Å². The number of carbonyl (C=O) groups is 4. The molecule has 3 N–H and O–H groups in total. The van der Waals surface area contributed by atoms with Crippen molar-refractivity contribution in [2.45, 2.75) is 120 Å². The van der Waals surface area contributed by atoms with Gasteiger partial charge in [-0.15, -0.1) is 11.3 Å². The van der Waals surface area contributed by atoms with Crippen LogP contribution >= 0.6 is 11.3 Å². The molecule has 1 saturated heterocycles. The first-order valence-corrected chi connectivity index (χ1v) is 22.9. The number of carboxylic acid groups (broad SMARTS) is 1. The molecule has 2 saturated carbocycles. The number of hydrogen-bond donors (Lipinski definition) is 3. The number of aromatic nitrogens is 3. The molecule has 0 aromatic carbocycles. The summed E-state index contributed by atoms with van der Waals surface area (Å²) >= 11 is 1.33. The number of hydrogen-bond acceptors (Lipinski definition) is 11. The fourth-order valence-electron chi connectivity index (χ4n) is 8.47. The van der Waals surface area contributed by atoms with Crippen molar-refractivity contribution in [3.63, 3.8) is 0 Å². The Hall–Kier alpha value is -5.11. The summed E-state index contributed by atoms with van der Waals surface area (Å²) in [4.78, 5) is 71.4. The first-order chi connectivity index (χ1) is 29.1. The normalized spacial score (nSPS) is 27.8. The van der Waals surface area contributed by atoms with Crippen molar-refractivity contribution in [1.29, 1.82) is 0 Å². The highest BCUT2D eigenvalue weighted by atomic mass is 32.2. The van der Waals surface area contributed by atoms with E-state index in [1.165, 1.54) is 25.2 Å². The number of nitrogens with one attached hydrogen (secondary N) is 2. The van der Waals surface area contributed by atoms with Crippen LogP contribution in [0.1, 0.15) is 79.6 Å². The SMILES string of the molecule is C[C@@H]1CCC=C[C@@H]2C[C@@]2(C(=O)NS(=O)(=O)C2(C)CC2)NC(=O)[C@@H]2C[C@@H](Oc3cc(-c4cccnc4)nc(-c4nccs4)c3)CN2C(=O)[C@@H](N(C(=O)O)C(C)(C)C(F)(F)F)[C@H](C)C1. The lowest BCUT2D eigenvalue weighted by Gasteiger charge is -2.45. The van der Waals surface area contributed by atoms with Crippen LogP contribution in [0.25, 0.3) is 22.0 Å². The van der Waals surface area contributed by atoms with Crippen LogP contribution in [0, 0.1) is 17.8 Å². The highest BCUT2D eigenvalue weighted by Gasteiger charge is 2.64. The summed E-state index contributed by atoms with van der Waals surface area (Å²) in [5.74, 6) is -4.39. The van der Waals surface area contributed by atoms with Crippen molar-refractivity contribution in [3.05, 3.63) is 60.4 Å². The summed E-state index contributed by atoms with van der Waals surface area (Å²) in [5, 5.41) is 15.6.